The summed E-state index contributed by atoms with van der Waals surface area (Å²) < 4.78 is 5.33. The van der Waals surface area contributed by atoms with Crippen molar-refractivity contribution in [1.82, 2.24) is 4.98 Å². The van der Waals surface area contributed by atoms with Crippen LogP contribution in [0.15, 0.2) is 24.4 Å². The van der Waals surface area contributed by atoms with Crippen molar-refractivity contribution in [3.8, 4) is 0 Å². The van der Waals surface area contributed by atoms with E-state index in [0.717, 1.165) is 10.9 Å². The molecular formula is C13H16N2O2. The van der Waals surface area contributed by atoms with Crippen molar-refractivity contribution in [2.24, 2.45) is 0 Å². The third-order valence-corrected chi connectivity index (χ3v) is 2.32. The van der Waals surface area contributed by atoms with Gasteiger partial charge in [-0.15, -0.1) is 0 Å². The van der Waals surface area contributed by atoms with Gasteiger partial charge in [0.2, 0.25) is 0 Å². The Hall–Kier alpha value is -1.97. The summed E-state index contributed by atoms with van der Waals surface area (Å²) >= 11 is 0. The number of carbonyl (C=O) groups is 1. The Labute approximate surface area is 99.8 Å². The topological polar surface area (TPSA) is 68.1 Å². The average molecular weight is 232 g/mol. The minimum Gasteiger partial charge on any atom is -0.456 e. The largest absolute Gasteiger partial charge is 0.456 e. The molecule has 17 heavy (non-hydrogen) atoms. The van der Waals surface area contributed by atoms with Gasteiger partial charge in [0.05, 0.1) is 5.56 Å². The average Bonchev–Trinajstić information content (AvgIpc) is 2.57. The summed E-state index contributed by atoms with van der Waals surface area (Å²) in [4.78, 5) is 15.0. The molecule has 1 aromatic carbocycles. The molecule has 0 saturated carbocycles. The molecule has 0 aliphatic heterocycles. The quantitative estimate of drug-likeness (QED) is 0.586. The third kappa shape index (κ3) is 2.41. The molecule has 0 bridgehead atoms. The van der Waals surface area contributed by atoms with Gasteiger partial charge in [-0.1, -0.05) is 0 Å². The van der Waals surface area contributed by atoms with E-state index in [1.165, 1.54) is 0 Å². The van der Waals surface area contributed by atoms with Crippen LogP contribution in [-0.2, 0) is 4.74 Å². The predicted octanol–water partition coefficient (Wildman–Crippen LogP) is 2.71. The number of benzene rings is 1. The second-order valence-corrected chi connectivity index (χ2v) is 5.01. The van der Waals surface area contributed by atoms with E-state index >= 15 is 0 Å². The van der Waals surface area contributed by atoms with Crippen LogP contribution in [0.1, 0.15) is 31.1 Å². The van der Waals surface area contributed by atoms with Crippen molar-refractivity contribution < 1.29 is 9.53 Å². The van der Waals surface area contributed by atoms with Crippen molar-refractivity contribution >= 4 is 22.6 Å². The van der Waals surface area contributed by atoms with Gasteiger partial charge < -0.3 is 15.5 Å². The van der Waals surface area contributed by atoms with Gasteiger partial charge in [-0.05, 0) is 39.0 Å². The van der Waals surface area contributed by atoms with E-state index in [2.05, 4.69) is 4.98 Å². The van der Waals surface area contributed by atoms with Crippen LogP contribution in [0, 0.1) is 0 Å². The van der Waals surface area contributed by atoms with Gasteiger partial charge in [0.15, 0.2) is 0 Å². The molecule has 0 amide bonds. The Bertz CT molecular complexity index is 564. The molecule has 0 atom stereocenters. The fourth-order valence-corrected chi connectivity index (χ4v) is 1.65. The van der Waals surface area contributed by atoms with Crippen LogP contribution in [0.3, 0.4) is 0 Å². The van der Waals surface area contributed by atoms with Gasteiger partial charge in [-0.25, -0.2) is 4.79 Å². The van der Waals surface area contributed by atoms with E-state index in [1.54, 1.807) is 18.3 Å². The van der Waals surface area contributed by atoms with Crippen molar-refractivity contribution in [2.75, 3.05) is 5.73 Å². The lowest BCUT2D eigenvalue weighted by molar-refractivity contribution is 0.00719. The summed E-state index contributed by atoms with van der Waals surface area (Å²) in [5, 5.41) is 0.827. The second-order valence-electron chi connectivity index (χ2n) is 5.01. The Balaban J connectivity index is 2.40. The maximum Gasteiger partial charge on any atom is 0.340 e. The highest BCUT2D eigenvalue weighted by Gasteiger charge is 2.20. The van der Waals surface area contributed by atoms with Crippen molar-refractivity contribution in [2.45, 2.75) is 26.4 Å². The van der Waals surface area contributed by atoms with Crippen LogP contribution in [0.2, 0.25) is 0 Å². The zero-order valence-electron chi connectivity index (χ0n) is 10.2. The van der Waals surface area contributed by atoms with Crippen LogP contribution in [0.25, 0.3) is 10.9 Å². The monoisotopic (exact) mass is 232 g/mol. The van der Waals surface area contributed by atoms with Gasteiger partial charge in [0.1, 0.15) is 5.60 Å². The minimum atomic E-state index is -0.492. The first-order valence-electron chi connectivity index (χ1n) is 5.47. The lowest BCUT2D eigenvalue weighted by atomic mass is 10.1. The van der Waals surface area contributed by atoms with Gasteiger partial charge >= 0.3 is 5.97 Å². The molecule has 4 nitrogen and oxygen atoms in total. The zero-order valence-corrected chi connectivity index (χ0v) is 10.2. The Morgan fingerprint density at radius 3 is 2.71 bits per heavy atom. The van der Waals surface area contributed by atoms with Gasteiger partial charge in [0, 0.05) is 22.8 Å². The molecular weight excluding hydrogens is 216 g/mol. The van der Waals surface area contributed by atoms with E-state index in [1.807, 2.05) is 26.8 Å². The maximum absolute atomic E-state index is 11.9. The fraction of sp³-hybridized carbons (Fsp3) is 0.308. The van der Waals surface area contributed by atoms with Crippen molar-refractivity contribution in [1.29, 1.82) is 0 Å². The SMILES string of the molecule is CC(C)(C)OC(=O)c1c[nH]c2cc(N)ccc12. The van der Waals surface area contributed by atoms with E-state index in [4.69, 9.17) is 10.5 Å². The number of fused-ring (bicyclic) bond motifs is 1. The Morgan fingerprint density at radius 2 is 2.06 bits per heavy atom. The molecule has 0 fully saturated rings. The highest BCUT2D eigenvalue weighted by atomic mass is 16.6. The number of carbonyl (C=O) groups excluding carboxylic acids is 1. The van der Waals surface area contributed by atoms with E-state index in [-0.39, 0.29) is 5.97 Å². The fourth-order valence-electron chi connectivity index (χ4n) is 1.65. The summed E-state index contributed by atoms with van der Waals surface area (Å²) in [5.41, 5.74) is 7.22. The van der Waals surface area contributed by atoms with E-state index < -0.39 is 5.60 Å². The maximum atomic E-state index is 11.9. The van der Waals surface area contributed by atoms with Gasteiger partial charge in [0.25, 0.3) is 0 Å². The standard InChI is InChI=1S/C13H16N2O2/c1-13(2,3)17-12(16)10-7-15-11-6-8(14)4-5-9(10)11/h4-7,15H,14H2,1-3H3. The number of hydrogen-bond donors (Lipinski definition) is 2. The molecule has 4 heteroatoms. The molecule has 0 aliphatic rings. The molecule has 2 rings (SSSR count). The molecule has 0 radical (unpaired) electrons. The molecule has 0 spiro atoms. The minimum absolute atomic E-state index is 0.325. The summed E-state index contributed by atoms with van der Waals surface area (Å²) in [6.07, 6.45) is 1.65. The predicted molar refractivity (Wildman–Crippen MR) is 67.9 cm³/mol. The first-order chi connectivity index (χ1) is 7.87. The zero-order chi connectivity index (χ0) is 12.6. The number of aromatic nitrogens is 1. The summed E-state index contributed by atoms with van der Waals surface area (Å²) in [6, 6.07) is 5.38. The molecule has 3 N–H and O–H groups in total. The number of nitrogens with two attached hydrogens (primary N) is 1. The van der Waals surface area contributed by atoms with Crippen molar-refractivity contribution in [3.05, 3.63) is 30.0 Å². The van der Waals surface area contributed by atoms with Gasteiger partial charge in [-0.2, -0.15) is 0 Å². The summed E-state index contributed by atoms with van der Waals surface area (Å²) in [7, 11) is 0. The third-order valence-electron chi connectivity index (χ3n) is 2.32. The molecule has 90 valence electrons. The number of nitrogen functional groups attached to an aromatic ring is 1. The first kappa shape index (κ1) is 11.5. The molecule has 1 heterocycles. The van der Waals surface area contributed by atoms with Crippen LogP contribution >= 0.6 is 0 Å². The number of esters is 1. The Kier molecular flexibility index (Phi) is 2.58. The molecule has 0 aliphatic carbocycles. The van der Waals surface area contributed by atoms with Gasteiger partial charge in [-0.3, -0.25) is 0 Å². The molecule has 2 aromatic rings. The second kappa shape index (κ2) is 3.80. The highest BCUT2D eigenvalue weighted by Crippen LogP contribution is 2.22. The number of H-pyrrole nitrogens is 1. The number of nitrogens with one attached hydrogen (secondary N) is 1. The van der Waals surface area contributed by atoms with Crippen LogP contribution in [0.4, 0.5) is 5.69 Å². The normalized spacial score (nSPS) is 11.7. The lowest BCUT2D eigenvalue weighted by Crippen LogP contribution is -2.23. The smallest absolute Gasteiger partial charge is 0.340 e. The summed E-state index contributed by atoms with van der Waals surface area (Å²) in [5.74, 6) is -0.325. The number of rotatable bonds is 1. The van der Waals surface area contributed by atoms with E-state index in [9.17, 15) is 4.79 Å². The number of aromatic amines is 1. The van der Waals surface area contributed by atoms with Crippen molar-refractivity contribution in [3.63, 3.8) is 0 Å². The molecule has 0 unspecified atom stereocenters. The van der Waals surface area contributed by atoms with E-state index in [0.29, 0.717) is 11.3 Å². The lowest BCUT2D eigenvalue weighted by Gasteiger charge is -2.19. The number of hydrogen-bond acceptors (Lipinski definition) is 3. The number of ether oxygens (including phenoxy) is 1. The molecule has 0 saturated heterocycles. The Morgan fingerprint density at radius 1 is 1.35 bits per heavy atom. The first-order valence-corrected chi connectivity index (χ1v) is 5.47. The van der Waals surface area contributed by atoms with Crippen LogP contribution in [0.5, 0.6) is 0 Å². The number of anilines is 1. The highest BCUT2D eigenvalue weighted by molar-refractivity contribution is 6.04. The summed E-state index contributed by atoms with van der Waals surface area (Å²) in [6.45, 7) is 5.53. The molecule has 1 aromatic heterocycles. The van der Waals surface area contributed by atoms with Crippen LogP contribution < -0.4 is 5.73 Å². The van der Waals surface area contributed by atoms with Crippen LogP contribution in [-0.4, -0.2) is 16.6 Å².